The molecule has 2 N–H and O–H groups in total. The minimum Gasteiger partial charge on any atom is -0.478 e. The lowest BCUT2D eigenvalue weighted by atomic mass is 9.90. The molecule has 0 aromatic carbocycles. The molecule has 1 aromatic heterocycles. The van der Waals surface area contributed by atoms with Crippen LogP contribution in [-0.4, -0.2) is 34.1 Å². The topological polar surface area (TPSA) is 75.1 Å². The van der Waals surface area contributed by atoms with Crippen LogP contribution in [0.1, 0.15) is 46.3 Å². The van der Waals surface area contributed by atoms with Crippen LogP contribution in [0.15, 0.2) is 0 Å². The summed E-state index contributed by atoms with van der Waals surface area (Å²) < 4.78 is 0. The first-order chi connectivity index (χ1) is 8.09. The number of aryl methyl sites for hydroxylation is 2. The SMILES string of the molecule is Cc1nc(C)c(C(=O)O)c(C2CCNCC2)n1. The van der Waals surface area contributed by atoms with Crippen molar-refractivity contribution in [1.82, 2.24) is 15.3 Å². The number of nitrogens with one attached hydrogen (secondary N) is 1. The second kappa shape index (κ2) is 4.79. The number of hydrogen-bond acceptors (Lipinski definition) is 4. The van der Waals surface area contributed by atoms with Crippen molar-refractivity contribution in [2.75, 3.05) is 13.1 Å². The monoisotopic (exact) mass is 235 g/mol. The van der Waals surface area contributed by atoms with Gasteiger partial charge in [0.05, 0.1) is 11.4 Å². The molecule has 5 nitrogen and oxygen atoms in total. The van der Waals surface area contributed by atoms with E-state index in [1.165, 1.54) is 0 Å². The van der Waals surface area contributed by atoms with Gasteiger partial charge in [-0.1, -0.05) is 0 Å². The molecule has 1 aliphatic heterocycles. The van der Waals surface area contributed by atoms with E-state index in [9.17, 15) is 9.90 Å². The van der Waals surface area contributed by atoms with E-state index in [0.717, 1.165) is 25.9 Å². The summed E-state index contributed by atoms with van der Waals surface area (Å²) in [4.78, 5) is 19.8. The Hall–Kier alpha value is -1.49. The minimum atomic E-state index is -0.920. The molecule has 0 atom stereocenters. The third kappa shape index (κ3) is 2.44. The molecule has 2 rings (SSSR count). The fourth-order valence-electron chi connectivity index (χ4n) is 2.39. The molecule has 0 spiro atoms. The van der Waals surface area contributed by atoms with Crippen molar-refractivity contribution in [1.29, 1.82) is 0 Å². The zero-order valence-electron chi connectivity index (χ0n) is 10.2. The first-order valence-corrected chi connectivity index (χ1v) is 5.88. The standard InChI is InChI=1S/C12H17N3O2/c1-7-10(12(16)17)11(15-8(2)14-7)9-3-5-13-6-4-9/h9,13H,3-6H2,1-2H3,(H,16,17). The van der Waals surface area contributed by atoms with Crippen LogP contribution >= 0.6 is 0 Å². The Kier molecular flexibility index (Phi) is 3.38. The van der Waals surface area contributed by atoms with Gasteiger partial charge in [0, 0.05) is 5.92 Å². The van der Waals surface area contributed by atoms with Crippen LogP contribution in [0.2, 0.25) is 0 Å². The van der Waals surface area contributed by atoms with E-state index < -0.39 is 5.97 Å². The number of aromatic carboxylic acids is 1. The van der Waals surface area contributed by atoms with Gasteiger partial charge in [-0.15, -0.1) is 0 Å². The van der Waals surface area contributed by atoms with E-state index in [1.807, 2.05) is 6.92 Å². The molecule has 17 heavy (non-hydrogen) atoms. The van der Waals surface area contributed by atoms with Crippen molar-refractivity contribution >= 4 is 5.97 Å². The summed E-state index contributed by atoms with van der Waals surface area (Å²) in [6.45, 7) is 5.39. The zero-order chi connectivity index (χ0) is 12.4. The molecule has 0 aliphatic carbocycles. The third-order valence-electron chi connectivity index (χ3n) is 3.17. The second-order valence-electron chi connectivity index (χ2n) is 4.45. The van der Waals surface area contributed by atoms with E-state index in [1.54, 1.807) is 6.92 Å². The van der Waals surface area contributed by atoms with Gasteiger partial charge in [-0.05, 0) is 39.8 Å². The predicted molar refractivity (Wildman–Crippen MR) is 63.3 cm³/mol. The van der Waals surface area contributed by atoms with Crippen molar-refractivity contribution in [3.63, 3.8) is 0 Å². The maximum absolute atomic E-state index is 11.3. The van der Waals surface area contributed by atoms with E-state index in [2.05, 4.69) is 15.3 Å². The molecule has 0 amide bonds. The maximum Gasteiger partial charge on any atom is 0.339 e. The molecule has 0 bridgehead atoms. The van der Waals surface area contributed by atoms with Crippen molar-refractivity contribution < 1.29 is 9.90 Å². The quantitative estimate of drug-likeness (QED) is 0.807. The molecule has 0 unspecified atom stereocenters. The van der Waals surface area contributed by atoms with Gasteiger partial charge in [-0.2, -0.15) is 0 Å². The number of rotatable bonds is 2. The highest BCUT2D eigenvalue weighted by Crippen LogP contribution is 2.27. The van der Waals surface area contributed by atoms with Gasteiger partial charge in [0.15, 0.2) is 0 Å². The molecule has 2 heterocycles. The zero-order valence-corrected chi connectivity index (χ0v) is 10.2. The molecule has 1 aromatic rings. The van der Waals surface area contributed by atoms with Crippen LogP contribution in [0.3, 0.4) is 0 Å². The summed E-state index contributed by atoms with van der Waals surface area (Å²) in [5.41, 5.74) is 1.57. The molecular formula is C12H17N3O2. The van der Waals surface area contributed by atoms with Crippen molar-refractivity contribution in [3.05, 3.63) is 22.8 Å². The average molecular weight is 235 g/mol. The number of carbonyl (C=O) groups is 1. The molecule has 1 aliphatic rings. The number of carboxylic acids is 1. The highest BCUT2D eigenvalue weighted by atomic mass is 16.4. The fourth-order valence-corrected chi connectivity index (χ4v) is 2.39. The smallest absolute Gasteiger partial charge is 0.339 e. The number of aromatic nitrogens is 2. The lowest BCUT2D eigenvalue weighted by Gasteiger charge is -2.24. The van der Waals surface area contributed by atoms with E-state index in [4.69, 9.17) is 0 Å². The largest absolute Gasteiger partial charge is 0.478 e. The first kappa shape index (κ1) is 12.0. The number of hydrogen-bond donors (Lipinski definition) is 2. The Morgan fingerprint density at radius 2 is 1.94 bits per heavy atom. The molecule has 1 saturated heterocycles. The summed E-state index contributed by atoms with van der Waals surface area (Å²) >= 11 is 0. The molecular weight excluding hydrogens is 218 g/mol. The van der Waals surface area contributed by atoms with Crippen molar-refractivity contribution in [3.8, 4) is 0 Å². The van der Waals surface area contributed by atoms with Crippen molar-refractivity contribution in [2.45, 2.75) is 32.6 Å². The highest BCUT2D eigenvalue weighted by molar-refractivity contribution is 5.90. The average Bonchev–Trinajstić information content (AvgIpc) is 2.28. The Morgan fingerprint density at radius 3 is 2.53 bits per heavy atom. The number of piperidine rings is 1. The van der Waals surface area contributed by atoms with Crippen molar-refractivity contribution in [2.24, 2.45) is 0 Å². The lowest BCUT2D eigenvalue weighted by Crippen LogP contribution is -2.28. The van der Waals surface area contributed by atoms with Gasteiger partial charge in [-0.25, -0.2) is 14.8 Å². The van der Waals surface area contributed by atoms with Gasteiger partial charge in [0.1, 0.15) is 11.4 Å². The molecule has 0 radical (unpaired) electrons. The Balaban J connectivity index is 2.46. The van der Waals surface area contributed by atoms with Crippen LogP contribution in [0.25, 0.3) is 0 Å². The summed E-state index contributed by atoms with van der Waals surface area (Å²) in [5.74, 6) is -0.0279. The van der Waals surface area contributed by atoms with E-state index in [0.29, 0.717) is 22.8 Å². The van der Waals surface area contributed by atoms with E-state index >= 15 is 0 Å². The van der Waals surface area contributed by atoms with Gasteiger partial charge in [0.2, 0.25) is 0 Å². The Morgan fingerprint density at radius 1 is 1.29 bits per heavy atom. The molecule has 92 valence electrons. The van der Waals surface area contributed by atoms with Gasteiger partial charge < -0.3 is 10.4 Å². The van der Waals surface area contributed by atoms with Crippen LogP contribution in [0, 0.1) is 13.8 Å². The maximum atomic E-state index is 11.3. The minimum absolute atomic E-state index is 0.239. The Labute approximate surface area is 100 Å². The van der Waals surface area contributed by atoms with Crippen LogP contribution in [0.4, 0.5) is 0 Å². The summed E-state index contributed by atoms with van der Waals surface area (Å²) in [7, 11) is 0. The third-order valence-corrected chi connectivity index (χ3v) is 3.17. The van der Waals surface area contributed by atoms with Gasteiger partial charge in [-0.3, -0.25) is 0 Å². The second-order valence-corrected chi connectivity index (χ2v) is 4.45. The highest BCUT2D eigenvalue weighted by Gasteiger charge is 2.25. The number of nitrogens with zero attached hydrogens (tertiary/aromatic N) is 2. The molecule has 0 saturated carbocycles. The Bertz CT molecular complexity index is 440. The van der Waals surface area contributed by atoms with Crippen LogP contribution in [-0.2, 0) is 0 Å². The summed E-state index contributed by atoms with van der Waals surface area (Å²) in [6, 6.07) is 0. The summed E-state index contributed by atoms with van der Waals surface area (Å²) in [5, 5.41) is 12.5. The van der Waals surface area contributed by atoms with Gasteiger partial charge in [0.25, 0.3) is 0 Å². The molecule has 5 heteroatoms. The van der Waals surface area contributed by atoms with Gasteiger partial charge >= 0.3 is 5.97 Å². The van der Waals surface area contributed by atoms with Crippen LogP contribution < -0.4 is 5.32 Å². The normalized spacial score (nSPS) is 17.1. The fraction of sp³-hybridized carbons (Fsp3) is 0.583. The first-order valence-electron chi connectivity index (χ1n) is 5.88. The van der Waals surface area contributed by atoms with Crippen LogP contribution in [0.5, 0.6) is 0 Å². The van der Waals surface area contributed by atoms with E-state index in [-0.39, 0.29) is 5.92 Å². The lowest BCUT2D eigenvalue weighted by molar-refractivity contribution is 0.0692. The predicted octanol–water partition coefficient (Wildman–Crippen LogP) is 1.26. The summed E-state index contributed by atoms with van der Waals surface area (Å²) in [6.07, 6.45) is 1.88. The molecule has 1 fully saturated rings. The number of carboxylic acid groups (broad SMARTS) is 1.